The Kier molecular flexibility index (Phi) is 4.16. The van der Waals surface area contributed by atoms with E-state index in [0.717, 1.165) is 0 Å². The van der Waals surface area contributed by atoms with Crippen LogP contribution < -0.4 is 14.9 Å². The van der Waals surface area contributed by atoms with Gasteiger partial charge >= 0.3 is 6.18 Å². The molecule has 0 aliphatic heterocycles. The van der Waals surface area contributed by atoms with Gasteiger partial charge in [-0.1, -0.05) is 18.2 Å². The van der Waals surface area contributed by atoms with Gasteiger partial charge in [0.2, 0.25) is 11.2 Å². The van der Waals surface area contributed by atoms with Crippen molar-refractivity contribution in [1.29, 1.82) is 0 Å². The molecule has 1 heterocycles. The fourth-order valence-corrected chi connectivity index (χ4v) is 2.46. The smallest absolute Gasteiger partial charge is 0.453 e. The lowest BCUT2D eigenvalue weighted by atomic mass is 10.1. The van der Waals surface area contributed by atoms with Crippen LogP contribution in [0.15, 0.2) is 51.7 Å². The molecule has 0 spiro atoms. The Balaban J connectivity index is 2.32. The molecule has 0 amide bonds. The molecule has 0 unspecified atom stereocenters. The first kappa shape index (κ1) is 16.9. The molecule has 25 heavy (non-hydrogen) atoms. The van der Waals surface area contributed by atoms with E-state index < -0.39 is 23.1 Å². The number of rotatable bonds is 3. The van der Waals surface area contributed by atoms with Crippen molar-refractivity contribution in [1.82, 2.24) is 0 Å². The van der Waals surface area contributed by atoms with Crippen molar-refractivity contribution in [3.63, 3.8) is 0 Å². The van der Waals surface area contributed by atoms with Crippen LogP contribution in [-0.4, -0.2) is 7.11 Å². The standard InChI is InChI=1S/C18H13F3O4/c1-10-13(23-2)9-8-12-14(22)16(24-11-6-4-3-5-7-11)17(18(19,20)21)25-15(10)12/h3-9H,1-2H3. The van der Waals surface area contributed by atoms with Crippen LogP contribution >= 0.6 is 0 Å². The summed E-state index contributed by atoms with van der Waals surface area (Å²) in [6.07, 6.45) is -4.90. The van der Waals surface area contributed by atoms with Crippen molar-refractivity contribution in [3.05, 3.63) is 64.0 Å². The minimum Gasteiger partial charge on any atom is -0.496 e. The molecule has 1 aromatic heterocycles. The molecule has 3 aromatic rings. The summed E-state index contributed by atoms with van der Waals surface area (Å²) in [5.74, 6) is -1.95. The zero-order valence-electron chi connectivity index (χ0n) is 13.3. The van der Waals surface area contributed by atoms with Gasteiger partial charge in [0, 0.05) is 5.56 Å². The van der Waals surface area contributed by atoms with Gasteiger partial charge in [-0.25, -0.2) is 0 Å². The van der Waals surface area contributed by atoms with Crippen molar-refractivity contribution in [2.45, 2.75) is 13.1 Å². The molecule has 0 aliphatic carbocycles. The first-order chi connectivity index (χ1) is 11.8. The van der Waals surface area contributed by atoms with E-state index in [1.165, 1.54) is 38.3 Å². The number of ether oxygens (including phenoxy) is 2. The molecule has 0 radical (unpaired) electrons. The number of halogens is 3. The molecular weight excluding hydrogens is 337 g/mol. The number of alkyl halides is 3. The van der Waals surface area contributed by atoms with Crippen LogP contribution in [0, 0.1) is 6.92 Å². The third-order valence-electron chi connectivity index (χ3n) is 3.66. The van der Waals surface area contributed by atoms with Gasteiger partial charge in [0.1, 0.15) is 17.1 Å². The lowest BCUT2D eigenvalue weighted by Crippen LogP contribution is -2.16. The Hall–Kier alpha value is -2.96. The monoisotopic (exact) mass is 350 g/mol. The number of hydrogen-bond donors (Lipinski definition) is 0. The van der Waals surface area contributed by atoms with Crippen LogP contribution in [0.2, 0.25) is 0 Å². The van der Waals surface area contributed by atoms with E-state index in [1.807, 2.05) is 0 Å². The average Bonchev–Trinajstić information content (AvgIpc) is 2.57. The van der Waals surface area contributed by atoms with Crippen molar-refractivity contribution < 1.29 is 27.1 Å². The molecule has 0 fully saturated rings. The minimum atomic E-state index is -4.90. The molecule has 0 aliphatic rings. The highest BCUT2D eigenvalue weighted by Crippen LogP contribution is 2.39. The number of para-hydroxylation sites is 1. The fourth-order valence-electron chi connectivity index (χ4n) is 2.46. The zero-order chi connectivity index (χ0) is 18.2. The zero-order valence-corrected chi connectivity index (χ0v) is 13.3. The van der Waals surface area contributed by atoms with Gasteiger partial charge in [-0.3, -0.25) is 4.79 Å². The SMILES string of the molecule is COc1ccc2c(=O)c(Oc3ccccc3)c(C(F)(F)F)oc2c1C. The fraction of sp³-hybridized carbons (Fsp3) is 0.167. The van der Waals surface area contributed by atoms with Gasteiger partial charge in [-0.15, -0.1) is 0 Å². The minimum absolute atomic E-state index is 0.0165. The highest BCUT2D eigenvalue weighted by atomic mass is 19.4. The number of methoxy groups -OCH3 is 1. The van der Waals surface area contributed by atoms with Crippen LogP contribution in [0.4, 0.5) is 13.2 Å². The summed E-state index contributed by atoms with van der Waals surface area (Å²) in [7, 11) is 1.38. The van der Waals surface area contributed by atoms with Gasteiger partial charge in [0.25, 0.3) is 5.76 Å². The predicted octanol–water partition coefficient (Wildman–Crippen LogP) is 4.92. The first-order valence-corrected chi connectivity index (χ1v) is 7.27. The maximum absolute atomic E-state index is 13.4. The molecule has 3 rings (SSSR count). The molecule has 130 valence electrons. The number of aryl methyl sites for hydroxylation is 1. The van der Waals surface area contributed by atoms with Crippen molar-refractivity contribution in [2.75, 3.05) is 7.11 Å². The van der Waals surface area contributed by atoms with Crippen molar-refractivity contribution in [2.24, 2.45) is 0 Å². The second-order valence-corrected chi connectivity index (χ2v) is 5.27. The van der Waals surface area contributed by atoms with Crippen LogP contribution in [0.3, 0.4) is 0 Å². The van der Waals surface area contributed by atoms with E-state index in [1.54, 1.807) is 18.2 Å². The summed E-state index contributed by atoms with van der Waals surface area (Å²) in [5.41, 5.74) is -0.783. The average molecular weight is 350 g/mol. The largest absolute Gasteiger partial charge is 0.496 e. The second kappa shape index (κ2) is 6.16. The van der Waals surface area contributed by atoms with Crippen LogP contribution in [0.25, 0.3) is 11.0 Å². The third kappa shape index (κ3) is 3.05. The first-order valence-electron chi connectivity index (χ1n) is 7.27. The lowest BCUT2D eigenvalue weighted by molar-refractivity contribution is -0.154. The number of benzene rings is 2. The third-order valence-corrected chi connectivity index (χ3v) is 3.66. The molecule has 0 bridgehead atoms. The second-order valence-electron chi connectivity index (χ2n) is 5.27. The Morgan fingerprint density at radius 2 is 1.72 bits per heavy atom. The summed E-state index contributed by atoms with van der Waals surface area (Å²) in [6, 6.07) is 10.6. The Labute approximate surface area is 140 Å². The molecule has 0 saturated heterocycles. The van der Waals surface area contributed by atoms with E-state index in [2.05, 4.69) is 0 Å². The molecule has 0 N–H and O–H groups in total. The van der Waals surface area contributed by atoms with E-state index in [9.17, 15) is 18.0 Å². The summed E-state index contributed by atoms with van der Waals surface area (Å²) in [6.45, 7) is 1.52. The topological polar surface area (TPSA) is 48.7 Å². The maximum Gasteiger partial charge on any atom is 0.453 e. The Morgan fingerprint density at radius 1 is 1.04 bits per heavy atom. The van der Waals surface area contributed by atoms with E-state index in [0.29, 0.717) is 11.3 Å². The molecule has 0 atom stereocenters. The van der Waals surface area contributed by atoms with E-state index in [-0.39, 0.29) is 16.7 Å². The maximum atomic E-state index is 13.4. The van der Waals surface area contributed by atoms with E-state index in [4.69, 9.17) is 13.9 Å². The van der Waals surface area contributed by atoms with Gasteiger partial charge in [0.15, 0.2) is 0 Å². The summed E-state index contributed by atoms with van der Waals surface area (Å²) >= 11 is 0. The van der Waals surface area contributed by atoms with E-state index >= 15 is 0 Å². The van der Waals surface area contributed by atoms with Crippen LogP contribution in [-0.2, 0) is 6.18 Å². The number of fused-ring (bicyclic) bond motifs is 1. The Morgan fingerprint density at radius 3 is 2.32 bits per heavy atom. The predicted molar refractivity (Wildman–Crippen MR) is 85.3 cm³/mol. The Bertz CT molecular complexity index is 976. The lowest BCUT2D eigenvalue weighted by Gasteiger charge is -2.14. The summed E-state index contributed by atoms with van der Waals surface area (Å²) < 4.78 is 55.6. The summed E-state index contributed by atoms with van der Waals surface area (Å²) in [4.78, 5) is 12.6. The van der Waals surface area contributed by atoms with Crippen LogP contribution in [0.1, 0.15) is 11.3 Å². The van der Waals surface area contributed by atoms with Crippen molar-refractivity contribution in [3.8, 4) is 17.2 Å². The molecule has 2 aromatic carbocycles. The molecule has 0 saturated carbocycles. The van der Waals surface area contributed by atoms with Gasteiger partial charge in [-0.05, 0) is 31.2 Å². The molecule has 4 nitrogen and oxygen atoms in total. The quantitative estimate of drug-likeness (QED) is 0.673. The molecular formula is C18H13F3O4. The van der Waals surface area contributed by atoms with Gasteiger partial charge in [-0.2, -0.15) is 13.2 Å². The highest BCUT2D eigenvalue weighted by Gasteiger charge is 2.40. The van der Waals surface area contributed by atoms with Gasteiger partial charge < -0.3 is 13.9 Å². The summed E-state index contributed by atoms with van der Waals surface area (Å²) in [5, 5.41) is -0.0165. The van der Waals surface area contributed by atoms with Crippen molar-refractivity contribution >= 4 is 11.0 Å². The molecule has 7 heteroatoms. The highest BCUT2D eigenvalue weighted by molar-refractivity contribution is 5.83. The van der Waals surface area contributed by atoms with Crippen LogP contribution in [0.5, 0.6) is 17.2 Å². The normalized spacial score (nSPS) is 11.6. The number of hydrogen-bond acceptors (Lipinski definition) is 4. The van der Waals surface area contributed by atoms with Gasteiger partial charge in [0.05, 0.1) is 12.5 Å².